The lowest BCUT2D eigenvalue weighted by Crippen LogP contribution is -2.42. The number of Topliss-reactive ketones (excluding diaryl/α,β-unsaturated/α-hetero) is 1. The number of ketones is 1. The second-order valence-electron chi connectivity index (χ2n) is 6.20. The van der Waals surface area contributed by atoms with Gasteiger partial charge in [0.1, 0.15) is 12.7 Å². The van der Waals surface area contributed by atoms with Gasteiger partial charge in [-0.15, -0.1) is 0 Å². The molecule has 0 saturated carbocycles. The average Bonchev–Trinajstić information content (AvgIpc) is 2.72. The third-order valence-electron chi connectivity index (χ3n) is 4.45. The first-order chi connectivity index (χ1) is 12.6. The van der Waals surface area contributed by atoms with Crippen molar-refractivity contribution in [3.8, 4) is 0 Å². The summed E-state index contributed by atoms with van der Waals surface area (Å²) in [4.78, 5) is 25.9. The van der Waals surface area contributed by atoms with Crippen molar-refractivity contribution in [2.75, 3.05) is 0 Å². The van der Waals surface area contributed by atoms with Gasteiger partial charge in [-0.25, -0.2) is 0 Å². The Balaban J connectivity index is 1.82. The molecule has 26 heavy (non-hydrogen) atoms. The molecule has 132 valence electrons. The SMILES string of the molecule is O=C(OCc1ccccc1)C1(C(=O)C(O)c2ccccc2)C=CC=CC1. The molecule has 1 N–H and O–H groups in total. The zero-order valence-electron chi connectivity index (χ0n) is 14.2. The number of hydrogen-bond donors (Lipinski definition) is 1. The van der Waals surface area contributed by atoms with E-state index in [4.69, 9.17) is 4.74 Å². The van der Waals surface area contributed by atoms with Gasteiger partial charge in [-0.2, -0.15) is 0 Å². The molecule has 0 radical (unpaired) electrons. The number of hydrogen-bond acceptors (Lipinski definition) is 4. The number of carbonyl (C=O) groups excluding carboxylic acids is 2. The molecular formula is C22H20O4. The fourth-order valence-electron chi connectivity index (χ4n) is 2.94. The monoisotopic (exact) mass is 348 g/mol. The average molecular weight is 348 g/mol. The first kappa shape index (κ1) is 17.8. The van der Waals surface area contributed by atoms with Crippen molar-refractivity contribution in [1.82, 2.24) is 0 Å². The molecule has 0 fully saturated rings. The summed E-state index contributed by atoms with van der Waals surface area (Å²) in [5.41, 5.74) is -0.225. The minimum Gasteiger partial charge on any atom is -0.460 e. The minimum absolute atomic E-state index is 0.0771. The van der Waals surface area contributed by atoms with Crippen molar-refractivity contribution < 1.29 is 19.4 Å². The van der Waals surface area contributed by atoms with E-state index < -0.39 is 23.3 Å². The number of allylic oxidation sites excluding steroid dienone is 3. The number of esters is 1. The highest BCUT2D eigenvalue weighted by atomic mass is 16.5. The highest BCUT2D eigenvalue weighted by Crippen LogP contribution is 2.36. The van der Waals surface area contributed by atoms with Crippen LogP contribution in [-0.2, 0) is 20.9 Å². The predicted molar refractivity (Wildman–Crippen MR) is 98.0 cm³/mol. The fourth-order valence-corrected chi connectivity index (χ4v) is 2.94. The van der Waals surface area contributed by atoms with E-state index in [0.717, 1.165) is 5.56 Å². The molecule has 2 aromatic carbocycles. The Bertz CT molecular complexity index is 824. The molecule has 0 amide bonds. The Morgan fingerprint density at radius 2 is 1.65 bits per heavy atom. The molecule has 0 aliphatic heterocycles. The van der Waals surface area contributed by atoms with Gasteiger partial charge in [0.05, 0.1) is 0 Å². The second kappa shape index (κ2) is 7.93. The van der Waals surface area contributed by atoms with E-state index in [0.29, 0.717) is 5.56 Å². The Morgan fingerprint density at radius 1 is 1.00 bits per heavy atom. The summed E-state index contributed by atoms with van der Waals surface area (Å²) in [6.45, 7) is 0.0771. The van der Waals surface area contributed by atoms with Gasteiger partial charge in [0, 0.05) is 0 Å². The molecule has 1 aliphatic rings. The normalized spacial score (nSPS) is 19.7. The molecule has 4 nitrogen and oxygen atoms in total. The third-order valence-corrected chi connectivity index (χ3v) is 4.45. The summed E-state index contributed by atoms with van der Waals surface area (Å²) in [5, 5.41) is 10.5. The molecule has 0 saturated heterocycles. The van der Waals surface area contributed by atoms with E-state index >= 15 is 0 Å². The first-order valence-electron chi connectivity index (χ1n) is 8.46. The quantitative estimate of drug-likeness (QED) is 0.641. The van der Waals surface area contributed by atoms with E-state index in [1.165, 1.54) is 6.08 Å². The fraction of sp³-hybridized carbons (Fsp3) is 0.182. The summed E-state index contributed by atoms with van der Waals surface area (Å²) in [5.74, 6) is -1.23. The van der Waals surface area contributed by atoms with Crippen molar-refractivity contribution >= 4 is 11.8 Å². The summed E-state index contributed by atoms with van der Waals surface area (Å²) >= 11 is 0. The van der Waals surface area contributed by atoms with E-state index in [-0.39, 0.29) is 13.0 Å². The molecule has 0 aromatic heterocycles. The summed E-state index contributed by atoms with van der Waals surface area (Å²) < 4.78 is 5.42. The Morgan fingerprint density at radius 3 is 2.27 bits per heavy atom. The van der Waals surface area contributed by atoms with Crippen LogP contribution in [0.1, 0.15) is 23.7 Å². The van der Waals surface area contributed by atoms with E-state index in [1.807, 2.05) is 30.3 Å². The Kier molecular flexibility index (Phi) is 5.44. The van der Waals surface area contributed by atoms with Gasteiger partial charge in [-0.05, 0) is 17.5 Å². The number of rotatable bonds is 6. The van der Waals surface area contributed by atoms with Crippen molar-refractivity contribution in [1.29, 1.82) is 0 Å². The maximum absolute atomic E-state index is 13.0. The summed E-state index contributed by atoms with van der Waals surface area (Å²) in [7, 11) is 0. The van der Waals surface area contributed by atoms with Crippen molar-refractivity contribution in [3.05, 3.63) is 96.1 Å². The molecule has 2 unspecified atom stereocenters. The molecule has 4 heteroatoms. The van der Waals surface area contributed by atoms with Crippen LogP contribution in [-0.4, -0.2) is 16.9 Å². The van der Waals surface area contributed by atoms with Crippen LogP contribution in [0.5, 0.6) is 0 Å². The third kappa shape index (κ3) is 3.65. The Labute approximate surface area is 152 Å². The number of ether oxygens (including phenoxy) is 1. The molecule has 0 bridgehead atoms. The van der Waals surface area contributed by atoms with E-state index in [9.17, 15) is 14.7 Å². The molecule has 1 aliphatic carbocycles. The Hall–Kier alpha value is -2.98. The number of aliphatic hydroxyl groups excluding tert-OH is 1. The van der Waals surface area contributed by atoms with Gasteiger partial charge in [0.25, 0.3) is 0 Å². The van der Waals surface area contributed by atoms with Crippen molar-refractivity contribution in [2.24, 2.45) is 5.41 Å². The molecular weight excluding hydrogens is 328 g/mol. The zero-order valence-corrected chi connectivity index (χ0v) is 14.2. The number of carbonyl (C=O) groups is 2. The van der Waals surface area contributed by atoms with Crippen LogP contribution in [0.25, 0.3) is 0 Å². The van der Waals surface area contributed by atoms with Gasteiger partial charge in [0.15, 0.2) is 11.2 Å². The number of aliphatic hydroxyl groups is 1. The van der Waals surface area contributed by atoms with Gasteiger partial charge in [-0.1, -0.05) is 85.0 Å². The van der Waals surface area contributed by atoms with Crippen LogP contribution in [0.2, 0.25) is 0 Å². The molecule has 0 spiro atoms. The van der Waals surface area contributed by atoms with Crippen molar-refractivity contribution in [2.45, 2.75) is 19.1 Å². The summed E-state index contributed by atoms with van der Waals surface area (Å²) in [6.07, 6.45) is 5.44. The lowest BCUT2D eigenvalue weighted by molar-refractivity contribution is -0.161. The smallest absolute Gasteiger partial charge is 0.324 e. The second-order valence-corrected chi connectivity index (χ2v) is 6.20. The molecule has 0 heterocycles. The van der Waals surface area contributed by atoms with Crippen LogP contribution in [0.3, 0.4) is 0 Å². The molecule has 2 atom stereocenters. The van der Waals surface area contributed by atoms with Crippen LogP contribution < -0.4 is 0 Å². The summed E-state index contributed by atoms with van der Waals surface area (Å²) in [6, 6.07) is 17.9. The highest BCUT2D eigenvalue weighted by Gasteiger charge is 2.47. The van der Waals surface area contributed by atoms with Gasteiger partial charge < -0.3 is 9.84 Å². The largest absolute Gasteiger partial charge is 0.460 e. The van der Waals surface area contributed by atoms with Crippen LogP contribution >= 0.6 is 0 Å². The van der Waals surface area contributed by atoms with Gasteiger partial charge in [0.2, 0.25) is 0 Å². The predicted octanol–water partition coefficient (Wildman–Crippen LogP) is 3.54. The van der Waals surface area contributed by atoms with Crippen LogP contribution in [0.4, 0.5) is 0 Å². The number of benzene rings is 2. The van der Waals surface area contributed by atoms with E-state index in [2.05, 4.69) is 0 Å². The maximum atomic E-state index is 13.0. The minimum atomic E-state index is -1.52. The molecule has 2 aromatic rings. The lowest BCUT2D eigenvalue weighted by atomic mass is 9.74. The van der Waals surface area contributed by atoms with Crippen LogP contribution in [0.15, 0.2) is 85.0 Å². The maximum Gasteiger partial charge on any atom is 0.324 e. The topological polar surface area (TPSA) is 63.6 Å². The van der Waals surface area contributed by atoms with Gasteiger partial charge in [-0.3, -0.25) is 9.59 Å². The lowest BCUT2D eigenvalue weighted by Gasteiger charge is -2.29. The van der Waals surface area contributed by atoms with E-state index in [1.54, 1.807) is 48.6 Å². The highest BCUT2D eigenvalue weighted by molar-refractivity contribution is 6.08. The van der Waals surface area contributed by atoms with Crippen molar-refractivity contribution in [3.63, 3.8) is 0 Å². The standard InChI is InChI=1S/C22H20O4/c23-19(18-12-6-2-7-13-18)20(24)22(14-8-3-9-15-22)21(25)26-16-17-10-4-1-5-11-17/h1-14,19,23H,15-16H2. The molecule has 3 rings (SSSR count). The van der Waals surface area contributed by atoms with Gasteiger partial charge >= 0.3 is 5.97 Å². The zero-order chi connectivity index (χ0) is 18.4. The van der Waals surface area contributed by atoms with Crippen LogP contribution in [0, 0.1) is 5.41 Å². The first-order valence-corrected chi connectivity index (χ1v) is 8.46.